The monoisotopic (exact) mass is 270 g/mol. The van der Waals surface area contributed by atoms with Crippen LogP contribution in [0.5, 0.6) is 0 Å². The van der Waals surface area contributed by atoms with Gasteiger partial charge in [-0.3, -0.25) is 4.79 Å². The molecule has 0 amide bonds. The van der Waals surface area contributed by atoms with E-state index in [1.807, 2.05) is 26.2 Å². The first kappa shape index (κ1) is 14.5. The molecule has 0 fully saturated rings. The van der Waals surface area contributed by atoms with Crippen LogP contribution in [0.15, 0.2) is 41.2 Å². The van der Waals surface area contributed by atoms with Gasteiger partial charge in [0, 0.05) is 19.2 Å². The van der Waals surface area contributed by atoms with Crippen molar-refractivity contribution >= 4 is 0 Å². The molecule has 2 rings (SSSR count). The summed E-state index contributed by atoms with van der Waals surface area (Å²) in [6.45, 7) is 4.95. The fourth-order valence-electron chi connectivity index (χ4n) is 2.34. The van der Waals surface area contributed by atoms with Crippen LogP contribution in [0.2, 0.25) is 0 Å². The standard InChI is InChI=1S/C17H22N2O/c1-12(2)13-5-7-14(8-6-13)16-10-9-15(11-18-3)17(20)19(16)4/h5-10,12,18H,11H2,1-4H3. The Labute approximate surface area is 120 Å². The van der Waals surface area contributed by atoms with Crippen LogP contribution < -0.4 is 10.9 Å². The molecule has 1 heterocycles. The Morgan fingerprint density at radius 1 is 1.10 bits per heavy atom. The Morgan fingerprint density at radius 3 is 2.30 bits per heavy atom. The number of pyridine rings is 1. The summed E-state index contributed by atoms with van der Waals surface area (Å²) in [6.07, 6.45) is 0. The highest BCUT2D eigenvalue weighted by molar-refractivity contribution is 5.60. The van der Waals surface area contributed by atoms with E-state index >= 15 is 0 Å². The van der Waals surface area contributed by atoms with Crippen molar-refractivity contribution in [2.75, 3.05) is 7.05 Å². The molecular weight excluding hydrogens is 248 g/mol. The third-order valence-corrected chi connectivity index (χ3v) is 3.62. The van der Waals surface area contributed by atoms with Gasteiger partial charge in [-0.25, -0.2) is 0 Å². The SMILES string of the molecule is CNCc1ccc(-c2ccc(C(C)C)cc2)n(C)c1=O. The lowest BCUT2D eigenvalue weighted by molar-refractivity contribution is 0.772. The van der Waals surface area contributed by atoms with Crippen molar-refractivity contribution in [2.24, 2.45) is 7.05 Å². The zero-order valence-electron chi connectivity index (χ0n) is 12.6. The number of aromatic nitrogens is 1. The van der Waals surface area contributed by atoms with Crippen molar-refractivity contribution in [1.29, 1.82) is 0 Å². The van der Waals surface area contributed by atoms with Crippen LogP contribution in [0.25, 0.3) is 11.3 Å². The van der Waals surface area contributed by atoms with E-state index in [1.54, 1.807) is 4.57 Å². The number of nitrogens with one attached hydrogen (secondary N) is 1. The summed E-state index contributed by atoms with van der Waals surface area (Å²) in [5, 5.41) is 3.02. The van der Waals surface area contributed by atoms with E-state index in [2.05, 4.69) is 43.4 Å². The Morgan fingerprint density at radius 2 is 1.75 bits per heavy atom. The predicted molar refractivity (Wildman–Crippen MR) is 84.0 cm³/mol. The smallest absolute Gasteiger partial charge is 0.255 e. The quantitative estimate of drug-likeness (QED) is 0.927. The summed E-state index contributed by atoms with van der Waals surface area (Å²) in [5.74, 6) is 0.519. The Bertz CT molecular complexity index is 639. The third-order valence-electron chi connectivity index (χ3n) is 3.62. The number of hydrogen-bond donors (Lipinski definition) is 1. The van der Waals surface area contributed by atoms with Gasteiger partial charge in [0.25, 0.3) is 5.56 Å². The van der Waals surface area contributed by atoms with Gasteiger partial charge in [-0.05, 0) is 30.2 Å². The Hall–Kier alpha value is -1.87. The van der Waals surface area contributed by atoms with Crippen LogP contribution in [0, 0.1) is 0 Å². The van der Waals surface area contributed by atoms with Gasteiger partial charge < -0.3 is 9.88 Å². The molecule has 2 aromatic rings. The average Bonchev–Trinajstić information content (AvgIpc) is 2.44. The molecule has 0 aliphatic carbocycles. The van der Waals surface area contributed by atoms with Crippen LogP contribution in [0.1, 0.15) is 30.9 Å². The van der Waals surface area contributed by atoms with Crippen LogP contribution >= 0.6 is 0 Å². The molecule has 0 radical (unpaired) electrons. The van der Waals surface area contributed by atoms with Gasteiger partial charge in [0.2, 0.25) is 0 Å². The van der Waals surface area contributed by atoms with Gasteiger partial charge in [-0.15, -0.1) is 0 Å². The Balaban J connectivity index is 2.43. The van der Waals surface area contributed by atoms with E-state index in [1.165, 1.54) is 5.56 Å². The summed E-state index contributed by atoms with van der Waals surface area (Å²) < 4.78 is 1.72. The second kappa shape index (κ2) is 6.06. The molecule has 0 aliphatic heterocycles. The Kier molecular flexibility index (Phi) is 4.40. The largest absolute Gasteiger partial charge is 0.315 e. The van der Waals surface area contributed by atoms with E-state index < -0.39 is 0 Å². The van der Waals surface area contributed by atoms with Crippen LogP contribution in [0.4, 0.5) is 0 Å². The minimum absolute atomic E-state index is 0.0600. The number of hydrogen-bond acceptors (Lipinski definition) is 2. The lowest BCUT2D eigenvalue weighted by Crippen LogP contribution is -2.25. The topological polar surface area (TPSA) is 34.0 Å². The van der Waals surface area contributed by atoms with E-state index in [-0.39, 0.29) is 5.56 Å². The van der Waals surface area contributed by atoms with Crippen molar-refractivity contribution in [3.63, 3.8) is 0 Å². The van der Waals surface area contributed by atoms with E-state index in [9.17, 15) is 4.79 Å². The molecule has 1 aromatic carbocycles. The van der Waals surface area contributed by atoms with Gasteiger partial charge in [0.05, 0.1) is 5.69 Å². The zero-order valence-corrected chi connectivity index (χ0v) is 12.6. The summed E-state index contributed by atoms with van der Waals surface area (Å²) in [4.78, 5) is 12.3. The van der Waals surface area contributed by atoms with Gasteiger partial charge >= 0.3 is 0 Å². The van der Waals surface area contributed by atoms with Gasteiger partial charge in [-0.2, -0.15) is 0 Å². The van der Waals surface area contributed by atoms with E-state index in [0.29, 0.717) is 12.5 Å². The highest BCUT2D eigenvalue weighted by atomic mass is 16.1. The summed E-state index contributed by atoms with van der Waals surface area (Å²) >= 11 is 0. The minimum Gasteiger partial charge on any atom is -0.315 e. The summed E-state index contributed by atoms with van der Waals surface area (Å²) in [6, 6.07) is 12.4. The maximum absolute atomic E-state index is 12.3. The fraction of sp³-hybridized carbons (Fsp3) is 0.353. The van der Waals surface area contributed by atoms with Gasteiger partial charge in [0.1, 0.15) is 0 Å². The molecule has 3 heteroatoms. The highest BCUT2D eigenvalue weighted by Crippen LogP contribution is 2.21. The molecule has 0 spiro atoms. The minimum atomic E-state index is 0.0600. The molecule has 0 saturated carbocycles. The number of nitrogens with zero attached hydrogens (tertiary/aromatic N) is 1. The van der Waals surface area contributed by atoms with Gasteiger partial charge in [-0.1, -0.05) is 44.2 Å². The normalized spacial score (nSPS) is 11.1. The van der Waals surface area contributed by atoms with Crippen LogP contribution in [-0.2, 0) is 13.6 Å². The van der Waals surface area contributed by atoms with E-state index in [0.717, 1.165) is 16.8 Å². The van der Waals surface area contributed by atoms with Crippen LogP contribution in [0.3, 0.4) is 0 Å². The maximum atomic E-state index is 12.3. The van der Waals surface area contributed by atoms with Crippen molar-refractivity contribution in [2.45, 2.75) is 26.3 Å². The lowest BCUT2D eigenvalue weighted by atomic mass is 10.0. The summed E-state index contributed by atoms with van der Waals surface area (Å²) in [7, 11) is 3.67. The highest BCUT2D eigenvalue weighted by Gasteiger charge is 2.07. The molecular formula is C17H22N2O. The van der Waals surface area contributed by atoms with Crippen LogP contribution in [-0.4, -0.2) is 11.6 Å². The van der Waals surface area contributed by atoms with E-state index in [4.69, 9.17) is 0 Å². The molecule has 0 unspecified atom stereocenters. The second-order valence-corrected chi connectivity index (χ2v) is 5.42. The molecule has 0 aliphatic rings. The molecule has 0 saturated heterocycles. The molecule has 20 heavy (non-hydrogen) atoms. The summed E-state index contributed by atoms with van der Waals surface area (Å²) in [5.41, 5.74) is 4.18. The van der Waals surface area contributed by atoms with Gasteiger partial charge in [0.15, 0.2) is 0 Å². The number of benzene rings is 1. The number of rotatable bonds is 4. The fourth-order valence-corrected chi connectivity index (χ4v) is 2.34. The average molecular weight is 270 g/mol. The first-order valence-electron chi connectivity index (χ1n) is 6.98. The maximum Gasteiger partial charge on any atom is 0.255 e. The molecule has 106 valence electrons. The molecule has 0 bridgehead atoms. The van der Waals surface area contributed by atoms with Crippen molar-refractivity contribution in [3.05, 3.63) is 57.9 Å². The van der Waals surface area contributed by atoms with Crippen molar-refractivity contribution in [3.8, 4) is 11.3 Å². The first-order valence-corrected chi connectivity index (χ1v) is 6.98. The first-order chi connectivity index (χ1) is 9.54. The van der Waals surface area contributed by atoms with Crippen molar-refractivity contribution in [1.82, 2.24) is 9.88 Å². The second-order valence-electron chi connectivity index (χ2n) is 5.42. The lowest BCUT2D eigenvalue weighted by Gasteiger charge is -2.12. The molecule has 3 nitrogen and oxygen atoms in total. The zero-order chi connectivity index (χ0) is 14.7. The predicted octanol–water partition coefficient (Wildman–Crippen LogP) is 2.90. The molecule has 0 atom stereocenters. The molecule has 1 N–H and O–H groups in total. The van der Waals surface area contributed by atoms with Crippen molar-refractivity contribution < 1.29 is 0 Å². The third kappa shape index (κ3) is 2.83. The molecule has 1 aromatic heterocycles.